The smallest absolute Gasteiger partial charge is 0.309 e. The van der Waals surface area contributed by atoms with Gasteiger partial charge in [0.1, 0.15) is 0 Å². The summed E-state index contributed by atoms with van der Waals surface area (Å²) in [7, 11) is 0. The van der Waals surface area contributed by atoms with Crippen LogP contribution in [0.3, 0.4) is 0 Å². The minimum absolute atomic E-state index is 0.192. The summed E-state index contributed by atoms with van der Waals surface area (Å²) in [6.45, 7) is 10.6. The van der Waals surface area contributed by atoms with Crippen LogP contribution in [0.15, 0.2) is 0 Å². The van der Waals surface area contributed by atoms with Crippen LogP contribution in [-0.4, -0.2) is 23.3 Å². The molecule has 1 unspecified atom stereocenters. The quantitative estimate of drug-likeness (QED) is 0.705. The van der Waals surface area contributed by atoms with Gasteiger partial charge in [-0.1, -0.05) is 26.7 Å². The van der Waals surface area contributed by atoms with E-state index in [0.717, 1.165) is 19.3 Å². The normalized spacial score (nSPS) is 15.6. The molecule has 1 N–H and O–H groups in total. The Bertz CT molecular complexity index is 230. The average molecular weight is 244 g/mol. The molecule has 0 fully saturated rings. The van der Waals surface area contributed by atoms with Gasteiger partial charge < -0.3 is 9.84 Å². The molecule has 0 saturated heterocycles. The first-order valence-corrected chi connectivity index (χ1v) is 6.65. The summed E-state index contributed by atoms with van der Waals surface area (Å²) in [4.78, 5) is 11.5. The van der Waals surface area contributed by atoms with Gasteiger partial charge in [0, 0.05) is 6.61 Å². The molecule has 0 spiro atoms. The summed E-state index contributed by atoms with van der Waals surface area (Å²) < 4.78 is 5.65. The number of carboxylic acids is 1. The largest absolute Gasteiger partial charge is 0.481 e. The van der Waals surface area contributed by atoms with Gasteiger partial charge in [-0.25, -0.2) is 0 Å². The van der Waals surface area contributed by atoms with Crippen LogP contribution < -0.4 is 0 Å². The Morgan fingerprint density at radius 3 is 2.12 bits per heavy atom. The van der Waals surface area contributed by atoms with Gasteiger partial charge in [-0.3, -0.25) is 4.79 Å². The molecule has 0 aliphatic rings. The van der Waals surface area contributed by atoms with Crippen molar-refractivity contribution in [2.75, 3.05) is 6.61 Å². The minimum atomic E-state index is -0.675. The molecule has 0 radical (unpaired) electrons. The lowest BCUT2D eigenvalue weighted by atomic mass is 9.77. The minimum Gasteiger partial charge on any atom is -0.481 e. The molecule has 0 heterocycles. The molecule has 0 aliphatic heterocycles. The van der Waals surface area contributed by atoms with Crippen molar-refractivity contribution in [2.45, 2.75) is 72.3 Å². The molecule has 3 nitrogen and oxygen atoms in total. The van der Waals surface area contributed by atoms with E-state index in [1.54, 1.807) is 0 Å². The molecule has 17 heavy (non-hydrogen) atoms. The molecule has 0 amide bonds. The van der Waals surface area contributed by atoms with Crippen LogP contribution in [0.4, 0.5) is 0 Å². The Kier molecular flexibility index (Phi) is 6.76. The summed E-state index contributed by atoms with van der Waals surface area (Å²) in [5.74, 6) is -0.675. The van der Waals surface area contributed by atoms with Crippen LogP contribution in [0.2, 0.25) is 0 Å². The third-order valence-corrected chi connectivity index (χ3v) is 3.26. The Morgan fingerprint density at radius 1 is 1.18 bits per heavy atom. The van der Waals surface area contributed by atoms with Gasteiger partial charge in [0.2, 0.25) is 0 Å². The lowest BCUT2D eigenvalue weighted by Crippen LogP contribution is -2.33. The predicted octanol–water partition coefficient (Wildman–Crippen LogP) is 3.86. The Labute approximate surface area is 106 Å². The van der Waals surface area contributed by atoms with Crippen molar-refractivity contribution >= 4 is 5.97 Å². The first-order valence-electron chi connectivity index (χ1n) is 6.65. The second kappa shape index (κ2) is 7.00. The van der Waals surface area contributed by atoms with Gasteiger partial charge in [0.05, 0.1) is 11.0 Å². The van der Waals surface area contributed by atoms with Crippen LogP contribution in [-0.2, 0) is 9.53 Å². The predicted molar refractivity (Wildman–Crippen MR) is 70.2 cm³/mol. The second-order valence-electron chi connectivity index (χ2n) is 5.75. The molecule has 1 atom stereocenters. The van der Waals surface area contributed by atoms with Crippen LogP contribution in [0, 0.1) is 5.41 Å². The topological polar surface area (TPSA) is 46.5 Å². The lowest BCUT2D eigenvalue weighted by Gasteiger charge is -2.30. The number of aliphatic carboxylic acids is 1. The Balaban J connectivity index is 4.42. The molecule has 0 saturated carbocycles. The summed E-state index contributed by atoms with van der Waals surface area (Å²) in [6, 6.07) is 0. The molecule has 0 aromatic heterocycles. The Hall–Kier alpha value is -0.570. The summed E-state index contributed by atoms with van der Waals surface area (Å²) >= 11 is 0. The highest BCUT2D eigenvalue weighted by molar-refractivity contribution is 5.74. The van der Waals surface area contributed by atoms with Crippen molar-refractivity contribution in [2.24, 2.45) is 5.41 Å². The highest BCUT2D eigenvalue weighted by atomic mass is 16.5. The van der Waals surface area contributed by atoms with Crippen molar-refractivity contribution in [3.8, 4) is 0 Å². The summed E-state index contributed by atoms with van der Waals surface area (Å²) in [6.07, 6.45) is 4.04. The van der Waals surface area contributed by atoms with Crippen molar-refractivity contribution in [3.05, 3.63) is 0 Å². The van der Waals surface area contributed by atoms with Crippen molar-refractivity contribution in [1.29, 1.82) is 0 Å². The fourth-order valence-electron chi connectivity index (χ4n) is 1.91. The van der Waals surface area contributed by atoms with Gasteiger partial charge in [-0.2, -0.15) is 0 Å². The molecule has 0 rings (SSSR count). The maximum atomic E-state index is 11.5. The third-order valence-electron chi connectivity index (χ3n) is 3.26. The summed E-state index contributed by atoms with van der Waals surface area (Å²) in [5.41, 5.74) is -0.788. The van der Waals surface area contributed by atoms with E-state index in [1.807, 2.05) is 27.7 Å². The maximum Gasteiger partial charge on any atom is 0.309 e. The standard InChI is InChI=1S/C14H28O3/c1-6-8-9-14(7-2,12(15)16)10-11-17-13(3,4)5/h6-11H2,1-5H3,(H,15,16). The van der Waals surface area contributed by atoms with Gasteiger partial charge in [-0.15, -0.1) is 0 Å². The number of unbranched alkanes of at least 4 members (excludes halogenated alkanes) is 1. The zero-order chi connectivity index (χ0) is 13.5. The molecule has 0 bridgehead atoms. The van der Waals surface area contributed by atoms with Crippen LogP contribution >= 0.6 is 0 Å². The van der Waals surface area contributed by atoms with E-state index in [1.165, 1.54) is 0 Å². The monoisotopic (exact) mass is 244 g/mol. The molecule has 0 aromatic carbocycles. The molecular weight excluding hydrogens is 216 g/mol. The zero-order valence-corrected chi connectivity index (χ0v) is 12.0. The molecule has 102 valence electrons. The second-order valence-corrected chi connectivity index (χ2v) is 5.75. The van der Waals surface area contributed by atoms with Crippen molar-refractivity contribution in [1.82, 2.24) is 0 Å². The third kappa shape index (κ3) is 6.06. The van der Waals surface area contributed by atoms with Crippen molar-refractivity contribution in [3.63, 3.8) is 0 Å². The van der Waals surface area contributed by atoms with Crippen LogP contribution in [0.25, 0.3) is 0 Å². The van der Waals surface area contributed by atoms with E-state index in [2.05, 4.69) is 6.92 Å². The van der Waals surface area contributed by atoms with E-state index >= 15 is 0 Å². The fraction of sp³-hybridized carbons (Fsp3) is 0.929. The number of carboxylic acid groups (broad SMARTS) is 1. The van der Waals surface area contributed by atoms with Crippen LogP contribution in [0.1, 0.15) is 66.7 Å². The molecule has 0 aliphatic carbocycles. The maximum absolute atomic E-state index is 11.5. The number of ether oxygens (including phenoxy) is 1. The van der Waals surface area contributed by atoms with E-state index in [-0.39, 0.29) is 5.60 Å². The number of rotatable bonds is 8. The first-order chi connectivity index (χ1) is 7.77. The molecular formula is C14H28O3. The SMILES string of the molecule is CCCCC(CC)(CCOC(C)(C)C)C(=O)O. The van der Waals surface area contributed by atoms with Crippen LogP contribution in [0.5, 0.6) is 0 Å². The number of hydrogen-bond donors (Lipinski definition) is 1. The van der Waals surface area contributed by atoms with E-state index in [0.29, 0.717) is 19.4 Å². The van der Waals surface area contributed by atoms with E-state index < -0.39 is 11.4 Å². The lowest BCUT2D eigenvalue weighted by molar-refractivity contribution is -0.152. The van der Waals surface area contributed by atoms with Gasteiger partial charge in [-0.05, 0) is 40.0 Å². The highest BCUT2D eigenvalue weighted by Crippen LogP contribution is 2.33. The highest BCUT2D eigenvalue weighted by Gasteiger charge is 2.35. The van der Waals surface area contributed by atoms with Crippen molar-refractivity contribution < 1.29 is 14.6 Å². The van der Waals surface area contributed by atoms with Gasteiger partial charge in [0.15, 0.2) is 0 Å². The van der Waals surface area contributed by atoms with E-state index in [4.69, 9.17) is 4.74 Å². The average Bonchev–Trinajstić information content (AvgIpc) is 2.21. The molecule has 0 aromatic rings. The Morgan fingerprint density at radius 2 is 1.76 bits per heavy atom. The zero-order valence-electron chi connectivity index (χ0n) is 12.0. The number of carbonyl (C=O) groups is 1. The first kappa shape index (κ1) is 16.4. The van der Waals surface area contributed by atoms with Gasteiger partial charge >= 0.3 is 5.97 Å². The summed E-state index contributed by atoms with van der Waals surface area (Å²) in [5, 5.41) is 9.42. The molecule has 3 heteroatoms. The van der Waals surface area contributed by atoms with Gasteiger partial charge in [0.25, 0.3) is 0 Å². The fourth-order valence-corrected chi connectivity index (χ4v) is 1.91. The van der Waals surface area contributed by atoms with E-state index in [9.17, 15) is 9.90 Å². The number of hydrogen-bond acceptors (Lipinski definition) is 2.